The van der Waals surface area contributed by atoms with Gasteiger partial charge in [0.15, 0.2) is 12.1 Å². The first-order chi connectivity index (χ1) is 13.2. The summed E-state index contributed by atoms with van der Waals surface area (Å²) in [5.41, 5.74) is 10.9. The molecule has 0 unspecified atom stereocenters. The molecule has 1 aliphatic rings. The smallest absolute Gasteiger partial charge is 0.370 e. The molecule has 0 aromatic rings. The van der Waals surface area contributed by atoms with Crippen LogP contribution < -0.4 is 16.8 Å². The van der Waals surface area contributed by atoms with E-state index in [9.17, 15) is 24.9 Å². The number of nitrogens with zero attached hydrogens (tertiary/aromatic N) is 1. The molecule has 1 rings (SSSR count). The predicted molar refractivity (Wildman–Crippen MR) is 100 cm³/mol. The first-order valence-corrected chi connectivity index (χ1v) is 9.09. The average Bonchev–Trinajstić information content (AvgIpc) is 2.61. The number of aliphatic carboxylic acids is 1. The molecule has 0 aliphatic carbocycles. The zero-order valence-corrected chi connectivity index (χ0v) is 16.1. The topological polar surface area (TPSA) is 190 Å². The van der Waals surface area contributed by atoms with E-state index in [1.807, 2.05) is 6.92 Å². The highest BCUT2D eigenvalue weighted by Crippen LogP contribution is 2.26. The average molecular weight is 402 g/mol. The molecule has 5 atom stereocenters. The number of nitrogens with two attached hydrogens (primary N) is 2. The maximum atomic E-state index is 11.7. The highest BCUT2D eigenvalue weighted by atomic mass is 16.6. The largest absolute Gasteiger partial charge is 0.478 e. The molecule has 11 heteroatoms. The number of carbonyl (C=O) groups excluding carboxylic acids is 1. The number of carboxylic acid groups (broad SMARTS) is 1. The number of rotatable bonds is 11. The number of aliphatic hydroxyl groups excluding tert-OH is 2. The van der Waals surface area contributed by atoms with Crippen LogP contribution in [-0.4, -0.2) is 76.8 Å². The minimum absolute atomic E-state index is 0.251. The van der Waals surface area contributed by atoms with Gasteiger partial charge in [-0.3, -0.25) is 4.79 Å². The van der Waals surface area contributed by atoms with E-state index in [0.717, 1.165) is 12.8 Å². The summed E-state index contributed by atoms with van der Waals surface area (Å²) >= 11 is 0. The molecular weight excluding hydrogens is 372 g/mol. The molecule has 1 heterocycles. The third-order valence-electron chi connectivity index (χ3n) is 4.13. The molecule has 8 N–H and O–H groups in total. The number of unbranched alkanes of at least 4 members (excludes halogenated alkanes) is 2. The van der Waals surface area contributed by atoms with Gasteiger partial charge in [0, 0.05) is 13.5 Å². The highest BCUT2D eigenvalue weighted by molar-refractivity contribution is 5.85. The second kappa shape index (κ2) is 11.5. The molecule has 0 aromatic carbocycles. The second-order valence-electron chi connectivity index (χ2n) is 6.48. The number of nitrogens with one attached hydrogen (secondary N) is 1. The number of aliphatic imine (C=N–C) groups is 1. The van der Waals surface area contributed by atoms with Crippen LogP contribution in [-0.2, 0) is 19.1 Å². The maximum absolute atomic E-state index is 11.7. The summed E-state index contributed by atoms with van der Waals surface area (Å²) in [5.74, 6) is -2.57. The Hall–Kier alpha value is -2.37. The lowest BCUT2D eigenvalue weighted by Gasteiger charge is -2.40. The molecule has 160 valence electrons. The Labute approximate surface area is 163 Å². The van der Waals surface area contributed by atoms with Crippen molar-refractivity contribution in [3.63, 3.8) is 0 Å². The molecule has 0 saturated carbocycles. The number of guanidine groups is 1. The van der Waals surface area contributed by atoms with Gasteiger partial charge >= 0.3 is 5.97 Å². The molecule has 1 amide bonds. The minimum Gasteiger partial charge on any atom is -0.478 e. The van der Waals surface area contributed by atoms with Crippen LogP contribution in [0.15, 0.2) is 16.8 Å². The fourth-order valence-electron chi connectivity index (χ4n) is 2.90. The zero-order valence-electron chi connectivity index (χ0n) is 16.1. The van der Waals surface area contributed by atoms with Crippen molar-refractivity contribution in [3.8, 4) is 0 Å². The van der Waals surface area contributed by atoms with Crippen LogP contribution in [0, 0.1) is 0 Å². The van der Waals surface area contributed by atoms with Crippen molar-refractivity contribution in [2.24, 2.45) is 16.5 Å². The van der Waals surface area contributed by atoms with E-state index < -0.39 is 54.6 Å². The van der Waals surface area contributed by atoms with Crippen LogP contribution in [0.25, 0.3) is 0 Å². The van der Waals surface area contributed by atoms with Gasteiger partial charge in [0.05, 0.1) is 18.7 Å². The van der Waals surface area contributed by atoms with Gasteiger partial charge in [-0.05, 0) is 12.5 Å². The van der Waals surface area contributed by atoms with Crippen LogP contribution in [0.1, 0.15) is 33.1 Å². The molecule has 11 nitrogen and oxygen atoms in total. The first-order valence-electron chi connectivity index (χ1n) is 9.09. The van der Waals surface area contributed by atoms with Crippen molar-refractivity contribution in [1.29, 1.82) is 0 Å². The molecule has 1 aliphatic heterocycles. The van der Waals surface area contributed by atoms with E-state index in [0.29, 0.717) is 6.42 Å². The van der Waals surface area contributed by atoms with Crippen molar-refractivity contribution < 1.29 is 34.4 Å². The second-order valence-corrected chi connectivity index (χ2v) is 6.48. The maximum Gasteiger partial charge on any atom is 0.370 e. The summed E-state index contributed by atoms with van der Waals surface area (Å²) < 4.78 is 11.2. The zero-order chi connectivity index (χ0) is 21.3. The van der Waals surface area contributed by atoms with Crippen molar-refractivity contribution >= 4 is 17.8 Å². The summed E-state index contributed by atoms with van der Waals surface area (Å²) in [6, 6.07) is -1.90. The third kappa shape index (κ3) is 6.98. The number of ether oxygens (including phenoxy) is 2. The number of hydrogen-bond donors (Lipinski definition) is 6. The molecule has 0 saturated heterocycles. The number of carbonyl (C=O) groups is 2. The van der Waals surface area contributed by atoms with Crippen molar-refractivity contribution in [3.05, 3.63) is 11.8 Å². The van der Waals surface area contributed by atoms with Crippen LogP contribution in [0.2, 0.25) is 0 Å². The Morgan fingerprint density at radius 2 is 2.07 bits per heavy atom. The van der Waals surface area contributed by atoms with Gasteiger partial charge in [0.2, 0.25) is 11.7 Å². The van der Waals surface area contributed by atoms with Crippen LogP contribution in [0.5, 0.6) is 0 Å². The van der Waals surface area contributed by atoms with Crippen molar-refractivity contribution in [2.75, 3.05) is 13.2 Å². The molecule has 0 radical (unpaired) electrons. The lowest BCUT2D eigenvalue weighted by molar-refractivity contribution is -0.153. The predicted octanol–water partition coefficient (Wildman–Crippen LogP) is -1.57. The number of carboxylic acids is 1. The molecule has 0 spiro atoms. The Morgan fingerprint density at radius 3 is 2.57 bits per heavy atom. The molecule has 0 aromatic heterocycles. The van der Waals surface area contributed by atoms with Gasteiger partial charge in [-0.2, -0.15) is 0 Å². The quantitative estimate of drug-likeness (QED) is 0.135. The van der Waals surface area contributed by atoms with E-state index in [1.165, 1.54) is 13.0 Å². The van der Waals surface area contributed by atoms with Gasteiger partial charge in [-0.1, -0.05) is 19.8 Å². The Balaban J connectivity index is 3.27. The Kier molecular flexibility index (Phi) is 9.69. The van der Waals surface area contributed by atoms with Gasteiger partial charge in [-0.15, -0.1) is 0 Å². The summed E-state index contributed by atoms with van der Waals surface area (Å²) in [7, 11) is 0. The van der Waals surface area contributed by atoms with Gasteiger partial charge in [0.25, 0.3) is 0 Å². The van der Waals surface area contributed by atoms with Crippen LogP contribution in [0.3, 0.4) is 0 Å². The van der Waals surface area contributed by atoms with Crippen molar-refractivity contribution in [2.45, 2.75) is 63.5 Å². The van der Waals surface area contributed by atoms with Gasteiger partial charge in [0.1, 0.15) is 12.2 Å². The van der Waals surface area contributed by atoms with E-state index in [4.69, 9.17) is 20.9 Å². The summed E-state index contributed by atoms with van der Waals surface area (Å²) in [6.45, 7) is 2.88. The van der Waals surface area contributed by atoms with E-state index in [1.54, 1.807) is 0 Å². The summed E-state index contributed by atoms with van der Waals surface area (Å²) in [5, 5.41) is 31.6. The standard InChI is InChI=1S/C17H30N4O7/c1-3-4-5-6-27-14(11(24)8-22)15-13(20-9(2)23)10(21-17(18)19)7-12(28-15)16(25)26/h7,10-11,13-15,22,24H,3-6,8H2,1-2H3,(H,20,23)(H,25,26)(H4,18,19,21)/t10-,11+,13+,14+,15+/m0/s1. The molecule has 0 bridgehead atoms. The molecule has 28 heavy (non-hydrogen) atoms. The first kappa shape index (κ1) is 23.7. The summed E-state index contributed by atoms with van der Waals surface area (Å²) in [6.07, 6.45) is 0.0367. The monoisotopic (exact) mass is 402 g/mol. The number of hydrogen-bond acceptors (Lipinski definition) is 7. The van der Waals surface area contributed by atoms with E-state index >= 15 is 0 Å². The Morgan fingerprint density at radius 1 is 1.39 bits per heavy atom. The van der Waals surface area contributed by atoms with E-state index in [-0.39, 0.29) is 12.6 Å². The van der Waals surface area contributed by atoms with Gasteiger partial charge in [-0.25, -0.2) is 9.79 Å². The van der Waals surface area contributed by atoms with Crippen LogP contribution >= 0.6 is 0 Å². The normalized spacial score (nSPS) is 23.7. The number of amides is 1. The number of aliphatic hydroxyl groups is 2. The van der Waals surface area contributed by atoms with E-state index in [2.05, 4.69) is 10.3 Å². The summed E-state index contributed by atoms with van der Waals surface area (Å²) in [4.78, 5) is 27.1. The lowest BCUT2D eigenvalue weighted by atomic mass is 9.92. The van der Waals surface area contributed by atoms with Crippen LogP contribution in [0.4, 0.5) is 0 Å². The fraction of sp³-hybridized carbons (Fsp3) is 0.706. The Bertz CT molecular complexity index is 592. The SMILES string of the molecule is CCCCCO[C@@H]([C@@H]1OC(C(=O)O)=C[C@H](N=C(N)N)[C@H]1NC(C)=O)[C@H](O)CO. The fourth-order valence-corrected chi connectivity index (χ4v) is 2.90. The van der Waals surface area contributed by atoms with Gasteiger partial charge < -0.3 is 41.6 Å². The highest BCUT2D eigenvalue weighted by Gasteiger charge is 2.45. The molecule has 0 fully saturated rings. The third-order valence-corrected chi connectivity index (χ3v) is 4.13. The van der Waals surface area contributed by atoms with Crippen molar-refractivity contribution in [1.82, 2.24) is 5.32 Å². The molecular formula is C17H30N4O7. The minimum atomic E-state index is -1.38. The lowest BCUT2D eigenvalue weighted by Crippen LogP contribution is -2.60.